The van der Waals surface area contributed by atoms with E-state index in [0.717, 1.165) is 24.7 Å². The maximum absolute atomic E-state index is 6.01. The SMILES string of the molecule is CN[C@@H]1CCN(c2cc(N)nc(C3CCCCC3)n2)C1. The first-order valence-electron chi connectivity index (χ1n) is 7.83. The third kappa shape index (κ3) is 2.87. The standard InChI is InChI=1S/C15H25N5/c1-17-12-7-8-20(10-12)14-9-13(16)18-15(19-14)11-5-3-2-4-6-11/h9,11-12,17H,2-8,10H2,1H3,(H2,16,18,19)/t12-/m1/s1. The number of likely N-dealkylation sites (N-methyl/N-ethyl adjacent to an activating group) is 1. The van der Waals surface area contributed by atoms with E-state index in [1.807, 2.05) is 13.1 Å². The third-order valence-electron chi connectivity index (χ3n) is 4.64. The molecule has 1 saturated carbocycles. The zero-order valence-electron chi connectivity index (χ0n) is 12.3. The van der Waals surface area contributed by atoms with Crippen molar-refractivity contribution in [3.8, 4) is 0 Å². The van der Waals surface area contributed by atoms with Gasteiger partial charge in [-0.3, -0.25) is 0 Å². The molecule has 0 aromatic carbocycles. The first-order valence-corrected chi connectivity index (χ1v) is 7.83. The van der Waals surface area contributed by atoms with Gasteiger partial charge in [-0.15, -0.1) is 0 Å². The van der Waals surface area contributed by atoms with E-state index >= 15 is 0 Å². The highest BCUT2D eigenvalue weighted by molar-refractivity contribution is 5.48. The van der Waals surface area contributed by atoms with Crippen molar-refractivity contribution in [1.29, 1.82) is 0 Å². The predicted octanol–water partition coefficient (Wildman–Crippen LogP) is 1.90. The second-order valence-electron chi connectivity index (χ2n) is 6.06. The fourth-order valence-electron chi connectivity index (χ4n) is 3.38. The van der Waals surface area contributed by atoms with Gasteiger partial charge in [0, 0.05) is 31.1 Å². The van der Waals surface area contributed by atoms with Gasteiger partial charge >= 0.3 is 0 Å². The van der Waals surface area contributed by atoms with Gasteiger partial charge in [-0.05, 0) is 26.3 Å². The molecule has 3 rings (SSSR count). The van der Waals surface area contributed by atoms with E-state index in [-0.39, 0.29) is 0 Å². The van der Waals surface area contributed by atoms with E-state index in [1.54, 1.807) is 0 Å². The summed E-state index contributed by atoms with van der Waals surface area (Å²) in [5.74, 6) is 3.10. The highest BCUT2D eigenvalue weighted by Crippen LogP contribution is 2.32. The molecule has 1 aliphatic carbocycles. The molecule has 1 atom stereocenters. The molecule has 0 radical (unpaired) electrons. The lowest BCUT2D eigenvalue weighted by atomic mass is 9.89. The fraction of sp³-hybridized carbons (Fsp3) is 0.733. The Hall–Kier alpha value is -1.36. The Kier molecular flexibility index (Phi) is 4.05. The maximum atomic E-state index is 6.01. The van der Waals surface area contributed by atoms with Crippen LogP contribution in [0.2, 0.25) is 0 Å². The lowest BCUT2D eigenvalue weighted by Gasteiger charge is -2.23. The molecule has 1 aromatic heterocycles. The van der Waals surface area contributed by atoms with Crippen LogP contribution in [0.15, 0.2) is 6.07 Å². The predicted molar refractivity (Wildman–Crippen MR) is 81.9 cm³/mol. The van der Waals surface area contributed by atoms with Crippen molar-refractivity contribution in [2.45, 2.75) is 50.5 Å². The molecule has 0 spiro atoms. The van der Waals surface area contributed by atoms with Crippen LogP contribution >= 0.6 is 0 Å². The van der Waals surface area contributed by atoms with Gasteiger partial charge in [0.1, 0.15) is 17.5 Å². The molecular formula is C15H25N5. The normalized spacial score (nSPS) is 24.2. The largest absolute Gasteiger partial charge is 0.384 e. The molecular weight excluding hydrogens is 250 g/mol. The monoisotopic (exact) mass is 275 g/mol. The molecule has 1 saturated heterocycles. The molecule has 5 heteroatoms. The highest BCUT2D eigenvalue weighted by atomic mass is 15.2. The van der Waals surface area contributed by atoms with Crippen LogP contribution < -0.4 is 16.0 Å². The molecule has 1 aromatic rings. The van der Waals surface area contributed by atoms with Crippen molar-refractivity contribution < 1.29 is 0 Å². The second-order valence-corrected chi connectivity index (χ2v) is 6.06. The van der Waals surface area contributed by atoms with Crippen LogP contribution in [0.3, 0.4) is 0 Å². The molecule has 5 nitrogen and oxygen atoms in total. The molecule has 2 heterocycles. The van der Waals surface area contributed by atoms with Crippen molar-refractivity contribution >= 4 is 11.6 Å². The lowest BCUT2D eigenvalue weighted by molar-refractivity contribution is 0.429. The molecule has 0 bridgehead atoms. The minimum Gasteiger partial charge on any atom is -0.384 e. The smallest absolute Gasteiger partial charge is 0.136 e. The summed E-state index contributed by atoms with van der Waals surface area (Å²) < 4.78 is 0. The zero-order chi connectivity index (χ0) is 13.9. The average molecular weight is 275 g/mol. The van der Waals surface area contributed by atoms with Crippen molar-refractivity contribution in [2.24, 2.45) is 0 Å². The van der Waals surface area contributed by atoms with Gasteiger partial charge in [-0.1, -0.05) is 19.3 Å². The molecule has 0 unspecified atom stereocenters. The highest BCUT2D eigenvalue weighted by Gasteiger charge is 2.24. The Morgan fingerprint density at radius 1 is 1.20 bits per heavy atom. The Morgan fingerprint density at radius 3 is 2.70 bits per heavy atom. The minimum atomic E-state index is 0.508. The molecule has 3 N–H and O–H groups in total. The number of hydrogen-bond acceptors (Lipinski definition) is 5. The summed E-state index contributed by atoms with van der Waals surface area (Å²) in [6, 6.07) is 2.48. The number of anilines is 2. The van der Waals surface area contributed by atoms with Gasteiger partial charge in [0.15, 0.2) is 0 Å². The molecule has 1 aliphatic heterocycles. The number of nitrogens with two attached hydrogens (primary N) is 1. The van der Waals surface area contributed by atoms with Crippen LogP contribution in [0.4, 0.5) is 11.6 Å². The number of rotatable bonds is 3. The minimum absolute atomic E-state index is 0.508. The summed E-state index contributed by atoms with van der Waals surface area (Å²) in [6.45, 7) is 2.06. The average Bonchev–Trinajstić information content (AvgIpc) is 2.96. The third-order valence-corrected chi connectivity index (χ3v) is 4.64. The van der Waals surface area contributed by atoms with Crippen LogP contribution in [0, 0.1) is 0 Å². The summed E-state index contributed by atoms with van der Waals surface area (Å²) in [4.78, 5) is 11.6. The Bertz CT molecular complexity index is 456. The topological polar surface area (TPSA) is 67.1 Å². The number of hydrogen-bond donors (Lipinski definition) is 2. The Balaban J connectivity index is 1.79. The molecule has 110 valence electrons. The summed E-state index contributed by atoms with van der Waals surface area (Å²) in [6.07, 6.45) is 7.53. The van der Waals surface area contributed by atoms with Crippen molar-refractivity contribution in [3.63, 3.8) is 0 Å². The van der Waals surface area contributed by atoms with Crippen LogP contribution in [0.5, 0.6) is 0 Å². The molecule has 20 heavy (non-hydrogen) atoms. The molecule has 0 amide bonds. The van der Waals surface area contributed by atoms with E-state index in [2.05, 4.69) is 15.2 Å². The van der Waals surface area contributed by atoms with Crippen LogP contribution in [-0.4, -0.2) is 36.1 Å². The van der Waals surface area contributed by atoms with Gasteiger partial charge < -0.3 is 16.0 Å². The summed E-state index contributed by atoms with van der Waals surface area (Å²) in [5.41, 5.74) is 6.01. The first-order chi connectivity index (χ1) is 9.76. The lowest BCUT2D eigenvalue weighted by Crippen LogP contribution is -2.30. The fourth-order valence-corrected chi connectivity index (χ4v) is 3.38. The van der Waals surface area contributed by atoms with E-state index in [4.69, 9.17) is 10.7 Å². The number of nitrogens with zero attached hydrogens (tertiary/aromatic N) is 3. The number of aromatic nitrogens is 2. The zero-order valence-corrected chi connectivity index (χ0v) is 12.3. The van der Waals surface area contributed by atoms with Gasteiger partial charge in [-0.25, -0.2) is 9.97 Å². The van der Waals surface area contributed by atoms with Gasteiger partial charge in [0.2, 0.25) is 0 Å². The van der Waals surface area contributed by atoms with Crippen molar-refractivity contribution in [3.05, 3.63) is 11.9 Å². The maximum Gasteiger partial charge on any atom is 0.136 e. The van der Waals surface area contributed by atoms with Gasteiger partial charge in [-0.2, -0.15) is 0 Å². The van der Waals surface area contributed by atoms with Gasteiger partial charge in [0.05, 0.1) is 0 Å². The van der Waals surface area contributed by atoms with E-state index in [1.165, 1.54) is 38.5 Å². The number of nitrogens with one attached hydrogen (secondary N) is 1. The summed E-state index contributed by atoms with van der Waals surface area (Å²) in [7, 11) is 2.02. The van der Waals surface area contributed by atoms with E-state index < -0.39 is 0 Å². The van der Waals surface area contributed by atoms with Crippen LogP contribution in [0.1, 0.15) is 50.3 Å². The van der Waals surface area contributed by atoms with E-state index in [0.29, 0.717) is 17.8 Å². The number of nitrogen functional groups attached to an aromatic ring is 1. The van der Waals surface area contributed by atoms with Gasteiger partial charge in [0.25, 0.3) is 0 Å². The Morgan fingerprint density at radius 2 is 2.00 bits per heavy atom. The van der Waals surface area contributed by atoms with Crippen LogP contribution in [0.25, 0.3) is 0 Å². The second kappa shape index (κ2) is 5.95. The van der Waals surface area contributed by atoms with Crippen molar-refractivity contribution in [1.82, 2.24) is 15.3 Å². The van der Waals surface area contributed by atoms with E-state index in [9.17, 15) is 0 Å². The summed E-state index contributed by atoms with van der Waals surface area (Å²) >= 11 is 0. The first kappa shape index (κ1) is 13.6. The molecule has 2 fully saturated rings. The molecule has 2 aliphatic rings. The Labute approximate surface area is 121 Å². The van der Waals surface area contributed by atoms with Crippen molar-refractivity contribution in [2.75, 3.05) is 30.8 Å². The van der Waals surface area contributed by atoms with Crippen LogP contribution in [-0.2, 0) is 0 Å². The quantitative estimate of drug-likeness (QED) is 0.882. The summed E-state index contributed by atoms with van der Waals surface area (Å²) in [5, 5.41) is 3.34.